The molecule has 2 aliphatic carbocycles. The van der Waals surface area contributed by atoms with Gasteiger partial charge >= 0.3 is 0 Å². The smallest absolute Gasteiger partial charge is 0.0655 e. The van der Waals surface area contributed by atoms with Gasteiger partial charge in [0.1, 0.15) is 0 Å². The van der Waals surface area contributed by atoms with Crippen LogP contribution in [0.2, 0.25) is 0 Å². The van der Waals surface area contributed by atoms with Gasteiger partial charge in [-0.25, -0.2) is 0 Å². The van der Waals surface area contributed by atoms with E-state index in [1.165, 1.54) is 38.6 Å². The van der Waals surface area contributed by atoms with Crippen molar-refractivity contribution in [1.82, 2.24) is 5.32 Å². The Morgan fingerprint density at radius 2 is 2.06 bits per heavy atom. The molecule has 0 amide bonds. The number of hydrogen-bond acceptors (Lipinski definition) is 2. The zero-order valence-electron chi connectivity index (χ0n) is 11.1. The number of nitrogens with one attached hydrogen (secondary N) is 1. The van der Waals surface area contributed by atoms with Crippen molar-refractivity contribution in [3.05, 3.63) is 0 Å². The number of ether oxygens (including phenoxy) is 1. The normalized spacial score (nSPS) is 32.4. The summed E-state index contributed by atoms with van der Waals surface area (Å²) in [6, 6.07) is 0.670. The Hall–Kier alpha value is -0.0800. The highest BCUT2D eigenvalue weighted by Crippen LogP contribution is 2.42. The fourth-order valence-electron chi connectivity index (χ4n) is 2.79. The van der Waals surface area contributed by atoms with Crippen LogP contribution in [0.5, 0.6) is 0 Å². The lowest BCUT2D eigenvalue weighted by Crippen LogP contribution is -2.61. The summed E-state index contributed by atoms with van der Waals surface area (Å²) in [5, 5.41) is 3.70. The second-order valence-electron chi connectivity index (χ2n) is 6.09. The Bertz CT molecular complexity index is 223. The van der Waals surface area contributed by atoms with Crippen LogP contribution in [0.25, 0.3) is 0 Å². The first-order valence-corrected chi connectivity index (χ1v) is 6.99. The molecule has 0 spiro atoms. The maximum atomic E-state index is 5.74. The molecule has 2 nitrogen and oxygen atoms in total. The predicted octanol–water partition coefficient (Wildman–Crippen LogP) is 2.97. The minimum absolute atomic E-state index is 0.329. The number of rotatable bonds is 7. The molecule has 0 aliphatic heterocycles. The van der Waals surface area contributed by atoms with Crippen LogP contribution in [0, 0.1) is 11.3 Å². The quantitative estimate of drug-likeness (QED) is 0.673. The molecule has 0 radical (unpaired) electrons. The van der Waals surface area contributed by atoms with Crippen molar-refractivity contribution < 1.29 is 4.74 Å². The molecule has 2 unspecified atom stereocenters. The van der Waals surface area contributed by atoms with Crippen molar-refractivity contribution in [2.75, 3.05) is 13.2 Å². The molecule has 2 fully saturated rings. The van der Waals surface area contributed by atoms with Gasteiger partial charge in [-0.1, -0.05) is 26.7 Å². The third-order valence-corrected chi connectivity index (χ3v) is 4.42. The molecule has 2 rings (SSSR count). The highest BCUT2D eigenvalue weighted by atomic mass is 16.5. The van der Waals surface area contributed by atoms with Gasteiger partial charge in [-0.15, -0.1) is 0 Å². The van der Waals surface area contributed by atoms with Crippen LogP contribution in [-0.4, -0.2) is 25.3 Å². The van der Waals surface area contributed by atoms with E-state index in [9.17, 15) is 0 Å². The molecule has 2 atom stereocenters. The van der Waals surface area contributed by atoms with Gasteiger partial charge in [-0.2, -0.15) is 0 Å². The van der Waals surface area contributed by atoms with E-state index in [1.807, 2.05) is 0 Å². The topological polar surface area (TPSA) is 21.3 Å². The molecule has 2 saturated carbocycles. The van der Waals surface area contributed by atoms with Gasteiger partial charge in [0, 0.05) is 18.1 Å². The van der Waals surface area contributed by atoms with Crippen molar-refractivity contribution in [3.63, 3.8) is 0 Å². The lowest BCUT2D eigenvalue weighted by Gasteiger charge is -2.52. The summed E-state index contributed by atoms with van der Waals surface area (Å²) >= 11 is 0. The van der Waals surface area contributed by atoms with Crippen molar-refractivity contribution in [2.45, 2.75) is 65.0 Å². The van der Waals surface area contributed by atoms with Gasteiger partial charge in [0.05, 0.1) is 6.10 Å². The van der Waals surface area contributed by atoms with E-state index in [4.69, 9.17) is 4.74 Å². The maximum Gasteiger partial charge on any atom is 0.0655 e. The lowest BCUT2D eigenvalue weighted by atomic mass is 9.64. The highest BCUT2D eigenvalue weighted by molar-refractivity contribution is 5.02. The summed E-state index contributed by atoms with van der Waals surface area (Å²) in [5.41, 5.74) is 0.329. The molecule has 0 aromatic rings. The van der Waals surface area contributed by atoms with E-state index >= 15 is 0 Å². The molecule has 2 heteroatoms. The lowest BCUT2D eigenvalue weighted by molar-refractivity contribution is -0.113. The van der Waals surface area contributed by atoms with E-state index in [-0.39, 0.29) is 0 Å². The summed E-state index contributed by atoms with van der Waals surface area (Å²) in [4.78, 5) is 0. The minimum Gasteiger partial charge on any atom is -0.378 e. The fraction of sp³-hybridized carbons (Fsp3) is 1.00. The molecule has 0 aromatic carbocycles. The SMILES string of the molecule is CCOC1CC(NCCCC2CC2)C1(C)C. The third kappa shape index (κ3) is 2.78. The van der Waals surface area contributed by atoms with Gasteiger partial charge in [0.25, 0.3) is 0 Å². The van der Waals surface area contributed by atoms with Gasteiger partial charge < -0.3 is 10.1 Å². The van der Waals surface area contributed by atoms with Crippen LogP contribution in [0.15, 0.2) is 0 Å². The van der Waals surface area contributed by atoms with Crippen LogP contribution in [0.1, 0.15) is 52.9 Å². The van der Waals surface area contributed by atoms with Crippen molar-refractivity contribution in [2.24, 2.45) is 11.3 Å². The molecular weight excluding hydrogens is 198 g/mol. The molecular formula is C14H27NO. The van der Waals surface area contributed by atoms with Crippen LogP contribution in [0.3, 0.4) is 0 Å². The van der Waals surface area contributed by atoms with Crippen LogP contribution in [0.4, 0.5) is 0 Å². The third-order valence-electron chi connectivity index (χ3n) is 4.42. The molecule has 1 N–H and O–H groups in total. The van der Waals surface area contributed by atoms with Crippen molar-refractivity contribution in [3.8, 4) is 0 Å². The van der Waals surface area contributed by atoms with E-state index in [2.05, 4.69) is 26.1 Å². The second-order valence-corrected chi connectivity index (χ2v) is 6.09. The van der Waals surface area contributed by atoms with Gasteiger partial charge in [-0.3, -0.25) is 0 Å². The first kappa shape index (κ1) is 12.4. The fourth-order valence-corrected chi connectivity index (χ4v) is 2.79. The van der Waals surface area contributed by atoms with Gasteiger partial charge in [0.15, 0.2) is 0 Å². The molecule has 0 aromatic heterocycles. The monoisotopic (exact) mass is 225 g/mol. The van der Waals surface area contributed by atoms with Crippen molar-refractivity contribution >= 4 is 0 Å². The molecule has 0 saturated heterocycles. The maximum absolute atomic E-state index is 5.74. The Balaban J connectivity index is 1.59. The second kappa shape index (κ2) is 5.05. The standard InChI is InChI=1S/C14H27NO/c1-4-16-13-10-12(14(13,2)3)15-9-5-6-11-7-8-11/h11-13,15H,4-10H2,1-3H3. The number of hydrogen-bond donors (Lipinski definition) is 1. The van der Waals surface area contributed by atoms with Crippen LogP contribution in [-0.2, 0) is 4.74 Å². The average molecular weight is 225 g/mol. The Morgan fingerprint density at radius 3 is 2.62 bits per heavy atom. The Kier molecular flexibility index (Phi) is 3.91. The average Bonchev–Trinajstić information content (AvgIpc) is 3.05. The van der Waals surface area contributed by atoms with E-state index in [0.717, 1.165) is 12.5 Å². The Labute approximate surface area is 100 Å². The molecule has 0 bridgehead atoms. The van der Waals surface area contributed by atoms with Crippen molar-refractivity contribution in [1.29, 1.82) is 0 Å². The molecule has 94 valence electrons. The van der Waals surface area contributed by atoms with Crippen LogP contribution >= 0.6 is 0 Å². The molecule has 0 heterocycles. The van der Waals surface area contributed by atoms with E-state index in [1.54, 1.807) is 0 Å². The van der Waals surface area contributed by atoms with Gasteiger partial charge in [-0.05, 0) is 38.6 Å². The predicted molar refractivity (Wildman–Crippen MR) is 67.6 cm³/mol. The molecule has 2 aliphatic rings. The summed E-state index contributed by atoms with van der Waals surface area (Å²) in [5.74, 6) is 1.08. The minimum atomic E-state index is 0.329. The zero-order chi connectivity index (χ0) is 11.6. The largest absolute Gasteiger partial charge is 0.378 e. The zero-order valence-corrected chi connectivity index (χ0v) is 11.1. The first-order valence-electron chi connectivity index (χ1n) is 6.99. The van der Waals surface area contributed by atoms with Crippen LogP contribution < -0.4 is 5.32 Å². The molecule has 16 heavy (non-hydrogen) atoms. The first-order chi connectivity index (χ1) is 7.64. The summed E-state index contributed by atoms with van der Waals surface area (Å²) in [6.07, 6.45) is 7.44. The Morgan fingerprint density at radius 1 is 1.31 bits per heavy atom. The summed E-state index contributed by atoms with van der Waals surface area (Å²) in [7, 11) is 0. The van der Waals surface area contributed by atoms with Gasteiger partial charge in [0.2, 0.25) is 0 Å². The van der Waals surface area contributed by atoms with E-state index < -0.39 is 0 Å². The summed E-state index contributed by atoms with van der Waals surface area (Å²) < 4.78 is 5.74. The summed E-state index contributed by atoms with van der Waals surface area (Å²) in [6.45, 7) is 8.79. The highest BCUT2D eigenvalue weighted by Gasteiger charge is 2.48. The van der Waals surface area contributed by atoms with E-state index in [0.29, 0.717) is 17.6 Å².